The van der Waals surface area contributed by atoms with E-state index in [-0.39, 0.29) is 0 Å². The van der Waals surface area contributed by atoms with Crippen molar-refractivity contribution in [2.45, 2.75) is 0 Å². The predicted molar refractivity (Wildman–Crippen MR) is 145 cm³/mol. The van der Waals surface area contributed by atoms with Gasteiger partial charge in [-0.3, -0.25) is 0 Å². The maximum absolute atomic E-state index is 2.37. The smallest absolute Gasteiger partial charge is 0.0392 e. The van der Waals surface area contributed by atoms with Gasteiger partial charge in [-0.05, 0) is 49.7 Å². The molecule has 0 unspecified atom stereocenters. The summed E-state index contributed by atoms with van der Waals surface area (Å²) in [4.78, 5) is 2.81. The summed E-state index contributed by atoms with van der Waals surface area (Å²) in [5.41, 5.74) is 0. The average molecular weight is 487 g/mol. The lowest BCUT2D eigenvalue weighted by atomic mass is 9.99. The van der Waals surface area contributed by atoms with Gasteiger partial charge in [-0.25, -0.2) is 0 Å². The fourth-order valence-electron chi connectivity index (χ4n) is 4.62. The lowest BCUT2D eigenvalue weighted by molar-refractivity contribution is 1.76. The van der Waals surface area contributed by atoms with Gasteiger partial charge in [0.15, 0.2) is 0 Å². The van der Waals surface area contributed by atoms with E-state index in [1.165, 1.54) is 58.0 Å². The molecule has 0 aliphatic rings. The van der Waals surface area contributed by atoms with Crippen molar-refractivity contribution < 1.29 is 0 Å². The summed E-state index contributed by atoms with van der Waals surface area (Å²) in [6.07, 6.45) is 0. The molecule has 0 atom stereocenters. The normalized spacial score (nSPS) is 11.9. The Labute approximate surface area is 196 Å². The highest BCUT2D eigenvalue weighted by Crippen LogP contribution is 2.65. The topological polar surface area (TPSA) is 0 Å². The fourth-order valence-corrected chi connectivity index (χ4v) is 11.2. The van der Waals surface area contributed by atoms with Crippen molar-refractivity contribution >= 4 is 85.2 Å². The highest BCUT2D eigenvalue weighted by Gasteiger charge is 2.27. The van der Waals surface area contributed by atoms with Gasteiger partial charge in [0, 0.05) is 52.7 Å². The highest BCUT2D eigenvalue weighted by atomic mass is 32.1. The second kappa shape index (κ2) is 7.16. The molecule has 0 saturated carbocycles. The zero-order valence-corrected chi connectivity index (χ0v) is 20.4. The Kier molecular flexibility index (Phi) is 4.25. The first-order valence-electron chi connectivity index (χ1n) is 9.97. The van der Waals surface area contributed by atoms with Crippen LogP contribution in [0.25, 0.3) is 58.0 Å². The third-order valence-corrected chi connectivity index (χ3v) is 12.0. The molecule has 0 nitrogen and oxygen atoms in total. The molecular formula is C26H15PS4. The lowest BCUT2D eigenvalue weighted by Gasteiger charge is -2.09. The maximum Gasteiger partial charge on any atom is 0.0392 e. The number of fused-ring (bicyclic) bond motifs is 6. The molecule has 2 aromatic carbocycles. The van der Waals surface area contributed by atoms with Crippen LogP contribution in [-0.4, -0.2) is 0 Å². The zero-order valence-electron chi connectivity index (χ0n) is 16.2. The Balaban J connectivity index is 1.83. The molecule has 0 amide bonds. The van der Waals surface area contributed by atoms with Gasteiger partial charge in [0.05, 0.1) is 0 Å². The van der Waals surface area contributed by atoms with Crippen molar-refractivity contribution in [3.05, 3.63) is 86.9 Å². The monoisotopic (exact) mass is 486 g/mol. The van der Waals surface area contributed by atoms with Crippen LogP contribution in [0.1, 0.15) is 0 Å². The predicted octanol–water partition coefficient (Wildman–Crippen LogP) is 10.7. The van der Waals surface area contributed by atoms with E-state index in [0.717, 1.165) is 0 Å². The molecule has 0 fully saturated rings. The minimum absolute atomic E-state index is 0.640. The van der Waals surface area contributed by atoms with Gasteiger partial charge in [-0.1, -0.05) is 50.0 Å². The van der Waals surface area contributed by atoms with Gasteiger partial charge in [0.25, 0.3) is 0 Å². The number of rotatable bonds is 3. The largest absolute Gasteiger partial charge is 0.151 e. The highest BCUT2D eigenvalue weighted by molar-refractivity contribution is 7.65. The molecule has 0 bridgehead atoms. The average Bonchev–Trinajstić information content (AvgIpc) is 3.60. The summed E-state index contributed by atoms with van der Waals surface area (Å²) >= 11 is 7.41. The van der Waals surface area contributed by atoms with Gasteiger partial charge in [0.1, 0.15) is 0 Å². The SMILES string of the molecule is c1ccc(-p2c(-c3cccs3)c3c4cscc4c4cscc4c3c2-c2cccs2)cc1. The molecule has 31 heavy (non-hydrogen) atoms. The Morgan fingerprint density at radius 3 is 1.52 bits per heavy atom. The minimum Gasteiger partial charge on any atom is -0.151 e. The van der Waals surface area contributed by atoms with Crippen molar-refractivity contribution in [1.82, 2.24) is 0 Å². The van der Waals surface area contributed by atoms with Crippen LogP contribution in [0.15, 0.2) is 86.9 Å². The molecule has 0 saturated heterocycles. The van der Waals surface area contributed by atoms with Crippen molar-refractivity contribution in [2.75, 3.05) is 0 Å². The van der Waals surface area contributed by atoms with Crippen molar-refractivity contribution in [1.29, 1.82) is 0 Å². The first-order valence-corrected chi connectivity index (χ1v) is 15.0. The van der Waals surface area contributed by atoms with E-state index in [1.807, 2.05) is 45.3 Å². The molecule has 7 aromatic rings. The molecular weight excluding hydrogens is 472 g/mol. The molecule has 5 aromatic heterocycles. The van der Waals surface area contributed by atoms with Crippen LogP contribution in [0.5, 0.6) is 0 Å². The number of thiophene rings is 4. The van der Waals surface area contributed by atoms with E-state index in [2.05, 4.69) is 86.9 Å². The molecule has 5 heteroatoms. The fraction of sp³-hybridized carbons (Fsp3) is 0. The van der Waals surface area contributed by atoms with Crippen molar-refractivity contribution in [3.63, 3.8) is 0 Å². The van der Waals surface area contributed by atoms with Crippen LogP contribution < -0.4 is 0 Å². The Hall–Kier alpha value is -2.20. The van der Waals surface area contributed by atoms with E-state index in [9.17, 15) is 0 Å². The van der Waals surface area contributed by atoms with E-state index in [1.54, 1.807) is 0 Å². The molecule has 0 aliphatic heterocycles. The first kappa shape index (κ1) is 18.4. The molecule has 0 aliphatic carbocycles. The summed E-state index contributed by atoms with van der Waals surface area (Å²) in [6.45, 7) is 0. The molecule has 0 radical (unpaired) electrons. The lowest BCUT2D eigenvalue weighted by Crippen LogP contribution is -1.75. The number of hydrogen-bond donors (Lipinski definition) is 0. The second-order valence-corrected chi connectivity index (χ2v) is 12.9. The van der Waals surface area contributed by atoms with Crippen LogP contribution >= 0.6 is 52.9 Å². The van der Waals surface area contributed by atoms with Crippen LogP contribution in [0.2, 0.25) is 0 Å². The Morgan fingerprint density at radius 1 is 0.516 bits per heavy atom. The third-order valence-electron chi connectivity index (χ3n) is 5.85. The zero-order chi connectivity index (χ0) is 20.4. The number of hydrogen-bond acceptors (Lipinski definition) is 4. The molecule has 0 spiro atoms. The maximum atomic E-state index is 2.37. The Bertz CT molecular complexity index is 1550. The van der Waals surface area contributed by atoms with Gasteiger partial charge < -0.3 is 0 Å². The van der Waals surface area contributed by atoms with E-state index in [0.29, 0.717) is 0 Å². The molecule has 5 heterocycles. The quantitative estimate of drug-likeness (QED) is 0.233. The van der Waals surface area contributed by atoms with E-state index in [4.69, 9.17) is 0 Å². The summed E-state index contributed by atoms with van der Waals surface area (Å²) in [7, 11) is -0.640. The second-order valence-electron chi connectivity index (χ2n) is 7.47. The van der Waals surface area contributed by atoms with E-state index < -0.39 is 7.53 Å². The van der Waals surface area contributed by atoms with Crippen molar-refractivity contribution in [3.8, 4) is 25.6 Å². The van der Waals surface area contributed by atoms with Crippen molar-refractivity contribution in [2.24, 2.45) is 0 Å². The summed E-state index contributed by atoms with van der Waals surface area (Å²) in [6, 6.07) is 20.2. The van der Waals surface area contributed by atoms with Crippen LogP contribution in [0.4, 0.5) is 0 Å². The van der Waals surface area contributed by atoms with Crippen LogP contribution in [-0.2, 0) is 0 Å². The van der Waals surface area contributed by atoms with Gasteiger partial charge in [0.2, 0.25) is 0 Å². The van der Waals surface area contributed by atoms with Crippen LogP contribution in [0.3, 0.4) is 0 Å². The standard InChI is InChI=1S/C26H15PS4/c1-2-6-16(7-3-1)27-25(21-8-4-10-30-21)23-19-14-28-12-17(19)18-13-29-15-20(18)24(23)26(27)22-9-5-11-31-22/h1-15H. The van der Waals surface area contributed by atoms with Gasteiger partial charge in [-0.2, -0.15) is 22.7 Å². The van der Waals surface area contributed by atoms with Crippen LogP contribution in [0, 0.1) is 0 Å². The summed E-state index contributed by atoms with van der Waals surface area (Å²) < 4.78 is 0. The third kappa shape index (κ3) is 2.64. The summed E-state index contributed by atoms with van der Waals surface area (Å²) in [5.74, 6) is 0. The molecule has 7 rings (SSSR count). The Morgan fingerprint density at radius 2 is 1.03 bits per heavy atom. The first-order chi connectivity index (χ1) is 15.4. The molecule has 0 N–H and O–H groups in total. The van der Waals surface area contributed by atoms with Gasteiger partial charge in [-0.15, -0.1) is 22.7 Å². The summed E-state index contributed by atoms with van der Waals surface area (Å²) in [5, 5.41) is 27.0. The molecule has 148 valence electrons. The van der Waals surface area contributed by atoms with Gasteiger partial charge >= 0.3 is 0 Å². The number of benzene rings is 2. The minimum atomic E-state index is -0.640. The van der Waals surface area contributed by atoms with E-state index >= 15 is 0 Å².